The number of benzene rings is 1. The summed E-state index contributed by atoms with van der Waals surface area (Å²) >= 11 is 0. The molecule has 100 valence electrons. The molecule has 0 aliphatic heterocycles. The second kappa shape index (κ2) is 6.78. The van der Waals surface area contributed by atoms with Crippen molar-refractivity contribution in [3.63, 3.8) is 0 Å². The van der Waals surface area contributed by atoms with Crippen molar-refractivity contribution in [1.82, 2.24) is 0 Å². The van der Waals surface area contributed by atoms with Crippen LogP contribution in [-0.2, 0) is 16.0 Å². The summed E-state index contributed by atoms with van der Waals surface area (Å²) in [4.78, 5) is 11.3. The van der Waals surface area contributed by atoms with Crippen LogP contribution in [0, 0.1) is 0 Å². The Balaban J connectivity index is 2.81. The van der Waals surface area contributed by atoms with E-state index in [-0.39, 0.29) is 23.9 Å². The quantitative estimate of drug-likeness (QED) is 0.737. The summed E-state index contributed by atoms with van der Waals surface area (Å²) in [5.74, 6) is -0.306. The van der Waals surface area contributed by atoms with Crippen molar-refractivity contribution in [3.05, 3.63) is 23.8 Å². The number of carbonyl (C=O) groups is 1. The molecule has 4 nitrogen and oxygen atoms in total. The van der Waals surface area contributed by atoms with Crippen molar-refractivity contribution < 1.29 is 27.8 Å². The largest absolute Gasteiger partial charge is 0.493 e. The lowest BCUT2D eigenvalue weighted by molar-refractivity contribution is -0.142. The van der Waals surface area contributed by atoms with Gasteiger partial charge < -0.3 is 14.2 Å². The fourth-order valence-electron chi connectivity index (χ4n) is 1.39. The van der Waals surface area contributed by atoms with E-state index < -0.39 is 6.61 Å². The predicted octanol–water partition coefficient (Wildman–Crippen LogP) is 2.40. The minimum absolute atomic E-state index is 0.0547. The molecule has 0 N–H and O–H groups in total. The van der Waals surface area contributed by atoms with Crippen LogP contribution in [0.5, 0.6) is 11.5 Å². The zero-order valence-corrected chi connectivity index (χ0v) is 10.1. The highest BCUT2D eigenvalue weighted by Crippen LogP contribution is 2.29. The molecule has 1 aromatic rings. The minimum Gasteiger partial charge on any atom is -0.493 e. The number of ether oxygens (including phenoxy) is 3. The Morgan fingerprint density at radius 2 is 2.06 bits per heavy atom. The van der Waals surface area contributed by atoms with E-state index >= 15 is 0 Å². The number of rotatable bonds is 6. The van der Waals surface area contributed by atoms with Crippen LogP contribution >= 0.6 is 0 Å². The van der Waals surface area contributed by atoms with Crippen molar-refractivity contribution in [3.8, 4) is 11.5 Å². The van der Waals surface area contributed by atoms with E-state index in [9.17, 15) is 13.6 Å². The molecule has 0 aromatic heterocycles. The van der Waals surface area contributed by atoms with Crippen molar-refractivity contribution in [2.75, 3.05) is 13.7 Å². The summed E-state index contributed by atoms with van der Waals surface area (Å²) in [5.41, 5.74) is 0.604. The molecule has 0 amide bonds. The van der Waals surface area contributed by atoms with Crippen LogP contribution in [0.4, 0.5) is 8.78 Å². The Morgan fingerprint density at radius 3 is 2.61 bits per heavy atom. The highest BCUT2D eigenvalue weighted by atomic mass is 19.3. The molecule has 0 radical (unpaired) electrons. The van der Waals surface area contributed by atoms with Gasteiger partial charge >= 0.3 is 12.6 Å². The first-order valence-corrected chi connectivity index (χ1v) is 5.34. The predicted molar refractivity (Wildman–Crippen MR) is 60.0 cm³/mol. The Labute approximate surface area is 103 Å². The van der Waals surface area contributed by atoms with Gasteiger partial charge in [0.25, 0.3) is 0 Å². The average molecular weight is 260 g/mol. The molecular formula is C12H14F2O4. The van der Waals surface area contributed by atoms with Crippen LogP contribution in [0.25, 0.3) is 0 Å². The summed E-state index contributed by atoms with van der Waals surface area (Å²) in [6.07, 6.45) is 0.0547. The molecule has 0 aliphatic carbocycles. The number of methoxy groups -OCH3 is 1. The van der Waals surface area contributed by atoms with E-state index in [1.54, 1.807) is 6.92 Å². The van der Waals surface area contributed by atoms with E-state index in [1.165, 1.54) is 25.3 Å². The Bertz CT molecular complexity index is 407. The van der Waals surface area contributed by atoms with Gasteiger partial charge in [-0.3, -0.25) is 4.79 Å². The lowest BCUT2D eigenvalue weighted by Crippen LogP contribution is -2.08. The van der Waals surface area contributed by atoms with Crippen LogP contribution in [0.15, 0.2) is 18.2 Å². The van der Waals surface area contributed by atoms with E-state index in [4.69, 9.17) is 9.47 Å². The van der Waals surface area contributed by atoms with Gasteiger partial charge in [0, 0.05) is 0 Å². The molecule has 0 bridgehead atoms. The van der Waals surface area contributed by atoms with Crippen LogP contribution < -0.4 is 9.47 Å². The molecule has 6 heteroatoms. The van der Waals surface area contributed by atoms with E-state index in [0.717, 1.165) is 0 Å². The van der Waals surface area contributed by atoms with Crippen molar-refractivity contribution in [2.24, 2.45) is 0 Å². The van der Waals surface area contributed by atoms with Gasteiger partial charge in [0.15, 0.2) is 11.5 Å². The van der Waals surface area contributed by atoms with E-state index in [0.29, 0.717) is 12.2 Å². The third-order valence-corrected chi connectivity index (χ3v) is 2.10. The zero-order valence-electron chi connectivity index (χ0n) is 10.1. The molecule has 18 heavy (non-hydrogen) atoms. The molecule has 0 spiro atoms. The topological polar surface area (TPSA) is 44.8 Å². The minimum atomic E-state index is -2.92. The van der Waals surface area contributed by atoms with E-state index in [2.05, 4.69) is 4.74 Å². The molecule has 1 aromatic carbocycles. The molecule has 1 rings (SSSR count). The molecule has 0 saturated heterocycles. The Hall–Kier alpha value is -1.85. The fourth-order valence-corrected chi connectivity index (χ4v) is 1.39. The molecule has 0 saturated carbocycles. The number of carbonyl (C=O) groups excluding carboxylic acids is 1. The van der Waals surface area contributed by atoms with Crippen molar-refractivity contribution in [1.29, 1.82) is 0 Å². The van der Waals surface area contributed by atoms with Gasteiger partial charge in [-0.1, -0.05) is 6.07 Å². The maximum atomic E-state index is 12.1. The molecular weight excluding hydrogens is 246 g/mol. The first kappa shape index (κ1) is 14.2. The molecule has 0 heterocycles. The van der Waals surface area contributed by atoms with Gasteiger partial charge in [-0.2, -0.15) is 8.78 Å². The number of halogens is 2. The second-order valence-corrected chi connectivity index (χ2v) is 3.35. The Kier molecular flexibility index (Phi) is 5.35. The van der Waals surface area contributed by atoms with Gasteiger partial charge in [-0.05, 0) is 24.6 Å². The molecule has 0 fully saturated rings. The van der Waals surface area contributed by atoms with Gasteiger partial charge in [-0.15, -0.1) is 0 Å². The van der Waals surface area contributed by atoms with E-state index in [1.807, 2.05) is 0 Å². The van der Waals surface area contributed by atoms with Crippen LogP contribution in [0.1, 0.15) is 12.5 Å². The van der Waals surface area contributed by atoms with Crippen LogP contribution in [0.3, 0.4) is 0 Å². The third-order valence-electron chi connectivity index (χ3n) is 2.10. The maximum absolute atomic E-state index is 12.1. The highest BCUT2D eigenvalue weighted by molar-refractivity contribution is 5.72. The average Bonchev–Trinajstić information content (AvgIpc) is 2.30. The van der Waals surface area contributed by atoms with Gasteiger partial charge in [0.05, 0.1) is 20.1 Å². The van der Waals surface area contributed by atoms with Gasteiger partial charge in [0.1, 0.15) is 0 Å². The summed E-state index contributed by atoms with van der Waals surface area (Å²) in [6, 6.07) is 4.31. The monoisotopic (exact) mass is 260 g/mol. The fraction of sp³-hybridized carbons (Fsp3) is 0.417. The van der Waals surface area contributed by atoms with Crippen molar-refractivity contribution in [2.45, 2.75) is 20.0 Å². The SMILES string of the molecule is CCOC(=O)Cc1ccc(OC(F)F)c(OC)c1. The van der Waals surface area contributed by atoms with Crippen LogP contribution in [-0.4, -0.2) is 26.3 Å². The standard InChI is InChI=1S/C12H14F2O4/c1-3-17-11(15)7-8-4-5-9(18-12(13)14)10(6-8)16-2/h4-6,12H,3,7H2,1-2H3. The smallest absolute Gasteiger partial charge is 0.387 e. The molecule has 0 aliphatic rings. The first-order valence-electron chi connectivity index (χ1n) is 5.34. The summed E-state index contributed by atoms with van der Waals surface area (Å²) in [6.45, 7) is -0.921. The lowest BCUT2D eigenvalue weighted by atomic mass is 10.1. The number of hydrogen-bond donors (Lipinski definition) is 0. The maximum Gasteiger partial charge on any atom is 0.387 e. The normalized spacial score (nSPS) is 10.3. The summed E-state index contributed by atoms with van der Waals surface area (Å²) < 4.78 is 38.2. The Morgan fingerprint density at radius 1 is 1.33 bits per heavy atom. The molecule has 0 unspecified atom stereocenters. The molecule has 0 atom stereocenters. The first-order chi connectivity index (χ1) is 8.56. The number of alkyl halides is 2. The summed E-state index contributed by atoms with van der Waals surface area (Å²) in [5, 5.41) is 0. The summed E-state index contributed by atoms with van der Waals surface area (Å²) in [7, 11) is 1.34. The second-order valence-electron chi connectivity index (χ2n) is 3.35. The highest BCUT2D eigenvalue weighted by Gasteiger charge is 2.12. The third kappa shape index (κ3) is 4.20. The van der Waals surface area contributed by atoms with Crippen LogP contribution in [0.2, 0.25) is 0 Å². The van der Waals surface area contributed by atoms with Crippen molar-refractivity contribution >= 4 is 5.97 Å². The number of esters is 1. The lowest BCUT2D eigenvalue weighted by Gasteiger charge is -2.11. The zero-order chi connectivity index (χ0) is 13.5. The number of hydrogen-bond acceptors (Lipinski definition) is 4. The van der Waals surface area contributed by atoms with Gasteiger partial charge in [-0.25, -0.2) is 0 Å². The van der Waals surface area contributed by atoms with Gasteiger partial charge in [0.2, 0.25) is 0 Å².